The average molecular weight is 576 g/mol. The quantitative estimate of drug-likeness (QED) is 0.275. The molecule has 230 valence electrons. The van der Waals surface area contributed by atoms with Gasteiger partial charge in [0.15, 0.2) is 0 Å². The molecule has 42 heavy (non-hydrogen) atoms. The molecule has 0 aromatic carbocycles. The number of aromatic nitrogens is 4. The van der Waals surface area contributed by atoms with E-state index in [2.05, 4.69) is 74.9 Å². The van der Waals surface area contributed by atoms with E-state index >= 15 is 0 Å². The number of aromatic amines is 3. The van der Waals surface area contributed by atoms with E-state index in [4.69, 9.17) is 5.73 Å². The van der Waals surface area contributed by atoms with Crippen molar-refractivity contribution in [3.05, 3.63) is 44.5 Å². The third-order valence-corrected chi connectivity index (χ3v) is 14.6. The molecule has 0 spiro atoms. The summed E-state index contributed by atoms with van der Waals surface area (Å²) in [5.41, 5.74) is 13.1. The molecule has 7 heteroatoms. The molecule has 5 aliphatic rings. The number of hydrogen-bond donors (Lipinski definition) is 5. The summed E-state index contributed by atoms with van der Waals surface area (Å²) in [5.74, 6) is 2.23. The molecule has 0 radical (unpaired) electrons. The Hall–Kier alpha value is -2.28. The molecular weight excluding hydrogens is 522 g/mol. The number of rotatable bonds is 3. The lowest BCUT2D eigenvalue weighted by Crippen LogP contribution is -2.64. The van der Waals surface area contributed by atoms with Crippen LogP contribution in [-0.2, 0) is 23.7 Å². The Morgan fingerprint density at radius 3 is 2.45 bits per heavy atom. The third-order valence-electron chi connectivity index (χ3n) is 14.6. The lowest BCUT2D eigenvalue weighted by atomic mass is 9.33. The van der Waals surface area contributed by atoms with Gasteiger partial charge in [0.1, 0.15) is 5.82 Å². The van der Waals surface area contributed by atoms with Crippen molar-refractivity contribution < 1.29 is 5.11 Å². The molecule has 3 unspecified atom stereocenters. The van der Waals surface area contributed by atoms with Crippen LogP contribution in [0.2, 0.25) is 0 Å². The minimum Gasteiger partial charge on any atom is -0.396 e. The molecule has 2 aromatic rings. The zero-order chi connectivity index (χ0) is 30.1. The van der Waals surface area contributed by atoms with Gasteiger partial charge >= 0.3 is 0 Å². The molecule has 3 saturated carbocycles. The van der Waals surface area contributed by atoms with E-state index in [0.717, 1.165) is 56.2 Å². The highest BCUT2D eigenvalue weighted by molar-refractivity contribution is 5.49. The molecule has 2 aromatic heterocycles. The first-order valence-corrected chi connectivity index (χ1v) is 16.6. The summed E-state index contributed by atoms with van der Waals surface area (Å²) < 4.78 is 0. The summed E-state index contributed by atoms with van der Waals surface area (Å²) in [6.07, 6.45) is 13.3. The molecule has 6 N–H and O–H groups in total. The maximum absolute atomic E-state index is 12.9. The van der Waals surface area contributed by atoms with Gasteiger partial charge in [-0.2, -0.15) is 5.10 Å². The van der Waals surface area contributed by atoms with Crippen LogP contribution < -0.4 is 11.3 Å². The van der Waals surface area contributed by atoms with Crippen molar-refractivity contribution in [3.8, 4) is 0 Å². The van der Waals surface area contributed by atoms with Crippen molar-refractivity contribution in [3.63, 3.8) is 0 Å². The monoisotopic (exact) mass is 575 g/mol. The Balaban J connectivity index is 1.36. The van der Waals surface area contributed by atoms with Gasteiger partial charge in [-0.1, -0.05) is 60.1 Å². The second kappa shape index (κ2) is 8.67. The number of fused-ring (bicyclic) bond motifs is 8. The normalized spacial score (nSPS) is 41.5. The Kier molecular flexibility index (Phi) is 5.88. The number of allylic oxidation sites excluding steroid dienone is 2. The number of aliphatic hydroxyl groups excluding tert-OH is 1. The number of anilines is 1. The molecular formula is C35H53N5O2. The second-order valence-corrected chi connectivity index (χ2v) is 17.1. The van der Waals surface area contributed by atoms with Gasteiger partial charge < -0.3 is 15.9 Å². The number of nitrogens with zero attached hydrogens (tertiary/aromatic N) is 1. The molecule has 5 aliphatic carbocycles. The minimum atomic E-state index is -0.0815. The van der Waals surface area contributed by atoms with Crippen molar-refractivity contribution >= 4 is 5.82 Å². The fourth-order valence-electron chi connectivity index (χ4n) is 12.3. The van der Waals surface area contributed by atoms with Crippen LogP contribution in [0.5, 0.6) is 0 Å². The molecule has 7 nitrogen and oxygen atoms in total. The summed E-state index contributed by atoms with van der Waals surface area (Å²) in [6.45, 7) is 17.6. The maximum atomic E-state index is 12.9. The van der Waals surface area contributed by atoms with E-state index in [9.17, 15) is 9.90 Å². The second-order valence-electron chi connectivity index (χ2n) is 17.1. The summed E-state index contributed by atoms with van der Waals surface area (Å²) in [6, 6.07) is 0. The zero-order valence-electron chi connectivity index (χ0n) is 27.0. The summed E-state index contributed by atoms with van der Waals surface area (Å²) in [7, 11) is 0. The largest absolute Gasteiger partial charge is 0.396 e. The predicted molar refractivity (Wildman–Crippen MR) is 167 cm³/mol. The summed E-state index contributed by atoms with van der Waals surface area (Å²) in [4.78, 5) is 12.9. The van der Waals surface area contributed by atoms with Gasteiger partial charge in [-0.15, -0.1) is 0 Å². The van der Waals surface area contributed by atoms with Crippen LogP contribution in [0, 0.1) is 39.4 Å². The van der Waals surface area contributed by atoms with Crippen LogP contribution in [0.4, 0.5) is 5.82 Å². The SMILES string of the molecule is CC1(C)CC[C@]2(c3[nH][nH]c(=O)c3CCO)CC[C@]3(C)C(=CCC4[C@@]5(C)Cc6c(N)n[nH]c6C(C)(C)C5CC[C@]43C)C2C1. The van der Waals surface area contributed by atoms with Gasteiger partial charge in [0.2, 0.25) is 0 Å². The van der Waals surface area contributed by atoms with Crippen molar-refractivity contribution in [1.29, 1.82) is 0 Å². The molecule has 0 amide bonds. The van der Waals surface area contributed by atoms with E-state index in [1.54, 1.807) is 5.57 Å². The van der Waals surface area contributed by atoms with Crippen LogP contribution in [0.1, 0.15) is 122 Å². The lowest BCUT2D eigenvalue weighted by Gasteiger charge is -2.71. The predicted octanol–water partition coefficient (Wildman–Crippen LogP) is 6.31. The molecule has 0 aliphatic heterocycles. The molecule has 7 rings (SSSR count). The topological polar surface area (TPSA) is 124 Å². The van der Waals surface area contributed by atoms with Gasteiger partial charge in [0.25, 0.3) is 5.56 Å². The molecule has 3 fully saturated rings. The van der Waals surface area contributed by atoms with Crippen LogP contribution in [0.25, 0.3) is 0 Å². The number of nitrogens with one attached hydrogen (secondary N) is 3. The van der Waals surface area contributed by atoms with Gasteiger partial charge in [-0.3, -0.25) is 15.0 Å². The Morgan fingerprint density at radius 2 is 1.71 bits per heavy atom. The highest BCUT2D eigenvalue weighted by Crippen LogP contribution is 2.75. The molecule has 0 bridgehead atoms. The van der Waals surface area contributed by atoms with Crippen LogP contribution in [0.15, 0.2) is 16.4 Å². The van der Waals surface area contributed by atoms with Crippen molar-refractivity contribution in [2.75, 3.05) is 12.3 Å². The van der Waals surface area contributed by atoms with E-state index in [0.29, 0.717) is 30.0 Å². The van der Waals surface area contributed by atoms with Crippen LogP contribution >= 0.6 is 0 Å². The Bertz CT molecular complexity index is 1510. The highest BCUT2D eigenvalue weighted by atomic mass is 16.3. The first kappa shape index (κ1) is 28.5. The van der Waals surface area contributed by atoms with Crippen molar-refractivity contribution in [2.24, 2.45) is 39.4 Å². The standard InChI is InChI=1S/C35H53N5O2/c1-30(2)13-15-35(27-20(11-17-41)29(42)40-38-27)16-14-33(6)22(23(35)19-30)8-9-25-32(5)18-21-26(37-39-28(21)36)31(3,4)24(32)10-12-34(25,33)7/h8,23-25,41H,9-19H2,1-7H3,(H3,36,37,39)(H2,38,40,42)/t23?,24?,25?,32-,33+,34+,35-/m0/s1. The van der Waals surface area contributed by atoms with Gasteiger partial charge in [0.05, 0.1) is 0 Å². The van der Waals surface area contributed by atoms with Crippen LogP contribution in [0.3, 0.4) is 0 Å². The number of aliphatic hydroxyl groups is 1. The van der Waals surface area contributed by atoms with Gasteiger partial charge in [-0.25, -0.2) is 0 Å². The highest BCUT2D eigenvalue weighted by Gasteiger charge is 2.68. The van der Waals surface area contributed by atoms with Crippen molar-refractivity contribution in [2.45, 2.75) is 124 Å². The summed E-state index contributed by atoms with van der Waals surface area (Å²) >= 11 is 0. The van der Waals surface area contributed by atoms with Gasteiger partial charge in [-0.05, 0) is 97.2 Å². The van der Waals surface area contributed by atoms with Gasteiger partial charge in [0, 0.05) is 46.4 Å². The Morgan fingerprint density at radius 1 is 0.976 bits per heavy atom. The Labute approximate surface area is 250 Å². The molecule has 7 atom stereocenters. The lowest BCUT2D eigenvalue weighted by molar-refractivity contribution is -0.154. The fourth-order valence-corrected chi connectivity index (χ4v) is 12.3. The van der Waals surface area contributed by atoms with Crippen molar-refractivity contribution in [1.82, 2.24) is 20.4 Å². The number of H-pyrrole nitrogens is 3. The van der Waals surface area contributed by atoms with E-state index in [-0.39, 0.29) is 44.7 Å². The first-order chi connectivity index (χ1) is 19.6. The van der Waals surface area contributed by atoms with E-state index < -0.39 is 0 Å². The third kappa shape index (κ3) is 3.38. The average Bonchev–Trinajstić information content (AvgIpc) is 3.47. The zero-order valence-corrected chi connectivity index (χ0v) is 27.0. The first-order valence-electron chi connectivity index (χ1n) is 16.6. The van der Waals surface area contributed by atoms with E-state index in [1.165, 1.54) is 24.1 Å². The minimum absolute atomic E-state index is 0.000670. The number of nitrogen functional groups attached to an aromatic ring is 1. The maximum Gasteiger partial charge on any atom is 0.267 e. The van der Waals surface area contributed by atoms with Crippen LogP contribution in [-0.4, -0.2) is 32.1 Å². The number of hydrogen-bond acceptors (Lipinski definition) is 4. The molecule has 2 heterocycles. The fraction of sp³-hybridized carbons (Fsp3) is 0.771. The smallest absolute Gasteiger partial charge is 0.267 e. The van der Waals surface area contributed by atoms with E-state index in [1.807, 2.05) is 0 Å². The number of nitrogens with two attached hydrogens (primary N) is 1. The molecule has 0 saturated heterocycles. The summed E-state index contributed by atoms with van der Waals surface area (Å²) in [5, 5.41) is 24.0.